The average molecular weight is 470 g/mol. The Labute approximate surface area is 195 Å². The first-order valence-corrected chi connectivity index (χ1v) is 12.7. The number of aliphatic hydroxyl groups is 1. The predicted octanol–water partition coefficient (Wildman–Crippen LogP) is 3.81. The van der Waals surface area contributed by atoms with E-state index in [1.807, 2.05) is 48.5 Å². The fourth-order valence-electron chi connectivity index (χ4n) is 4.43. The van der Waals surface area contributed by atoms with Crippen LogP contribution in [-0.4, -0.2) is 42.6 Å². The van der Waals surface area contributed by atoms with E-state index in [9.17, 15) is 13.5 Å². The smallest absolute Gasteiger partial charge is 0.268 e. The highest BCUT2D eigenvalue weighted by atomic mass is 32.2. The third-order valence-electron chi connectivity index (χ3n) is 6.06. The van der Waals surface area contributed by atoms with Crippen molar-refractivity contribution in [3.8, 4) is 5.75 Å². The second-order valence-electron chi connectivity index (χ2n) is 8.80. The van der Waals surface area contributed by atoms with E-state index in [2.05, 4.69) is 18.9 Å². The molecule has 1 aliphatic heterocycles. The van der Waals surface area contributed by atoms with Crippen LogP contribution in [0.5, 0.6) is 5.75 Å². The molecule has 0 radical (unpaired) electrons. The van der Waals surface area contributed by atoms with E-state index in [-0.39, 0.29) is 18.0 Å². The maximum absolute atomic E-state index is 13.5. The van der Waals surface area contributed by atoms with Crippen LogP contribution in [0.25, 0.3) is 0 Å². The van der Waals surface area contributed by atoms with E-state index >= 15 is 0 Å². The van der Waals surface area contributed by atoms with Crippen LogP contribution in [-0.2, 0) is 23.0 Å². The highest BCUT2D eigenvalue weighted by Gasteiger charge is 2.35. The maximum Gasteiger partial charge on any atom is 0.268 e. The van der Waals surface area contributed by atoms with Crippen LogP contribution in [0.3, 0.4) is 0 Å². The molecule has 1 unspecified atom stereocenters. The number of fused-ring (bicyclic) bond motifs is 1. The van der Waals surface area contributed by atoms with Gasteiger partial charge < -0.3 is 9.84 Å². The molecular formula is C25H31N3O4S. The number of aryl methyl sites for hydroxylation is 1. The Balaban J connectivity index is 1.51. The number of hydrogen-bond acceptors (Lipinski definition) is 5. The number of nitrogens with zero attached hydrogens (tertiary/aromatic N) is 3. The maximum atomic E-state index is 13.5. The van der Waals surface area contributed by atoms with E-state index in [0.717, 1.165) is 22.6 Å². The first-order chi connectivity index (χ1) is 15.7. The minimum Gasteiger partial charge on any atom is -0.491 e. The Bertz CT molecular complexity index is 1250. The van der Waals surface area contributed by atoms with Crippen molar-refractivity contribution in [2.24, 2.45) is 0 Å². The van der Waals surface area contributed by atoms with Gasteiger partial charge in [0.1, 0.15) is 23.4 Å². The van der Waals surface area contributed by atoms with Gasteiger partial charge in [0, 0.05) is 6.54 Å². The van der Waals surface area contributed by atoms with Crippen molar-refractivity contribution < 1.29 is 18.3 Å². The minimum atomic E-state index is -3.76. The number of sulfonamides is 1. The van der Waals surface area contributed by atoms with Crippen molar-refractivity contribution in [3.05, 3.63) is 71.0 Å². The zero-order valence-corrected chi connectivity index (χ0v) is 20.3. The Morgan fingerprint density at radius 3 is 2.55 bits per heavy atom. The van der Waals surface area contributed by atoms with E-state index in [1.165, 1.54) is 4.31 Å². The molecule has 0 saturated carbocycles. The second kappa shape index (κ2) is 9.19. The van der Waals surface area contributed by atoms with Crippen LogP contribution in [0.1, 0.15) is 42.3 Å². The summed E-state index contributed by atoms with van der Waals surface area (Å²) in [4.78, 5) is 0.206. The Morgan fingerprint density at radius 1 is 1.09 bits per heavy atom. The number of rotatable bonds is 8. The van der Waals surface area contributed by atoms with Crippen molar-refractivity contribution >= 4 is 15.7 Å². The first kappa shape index (κ1) is 23.3. The van der Waals surface area contributed by atoms with E-state index in [1.54, 1.807) is 18.5 Å². The zero-order valence-electron chi connectivity index (χ0n) is 19.5. The lowest BCUT2D eigenvalue weighted by atomic mass is 10.0. The molecule has 1 atom stereocenters. The minimum absolute atomic E-state index is 0.0870. The summed E-state index contributed by atoms with van der Waals surface area (Å²) in [6, 6.07) is 15.4. The molecule has 33 heavy (non-hydrogen) atoms. The quantitative estimate of drug-likeness (QED) is 0.542. The van der Waals surface area contributed by atoms with Gasteiger partial charge in [-0.2, -0.15) is 5.10 Å². The molecule has 1 aromatic heterocycles. The first-order valence-electron chi connectivity index (χ1n) is 11.2. The Kier molecular flexibility index (Phi) is 6.50. The lowest BCUT2D eigenvalue weighted by Gasteiger charge is -2.20. The fourth-order valence-corrected chi connectivity index (χ4v) is 6.31. The van der Waals surface area contributed by atoms with Gasteiger partial charge in [0.2, 0.25) is 0 Å². The van der Waals surface area contributed by atoms with Crippen molar-refractivity contribution in [2.45, 2.75) is 57.6 Å². The summed E-state index contributed by atoms with van der Waals surface area (Å²) in [6.45, 7) is 8.25. The molecule has 2 heterocycles. The number of anilines is 1. The molecule has 0 spiro atoms. The van der Waals surface area contributed by atoms with Gasteiger partial charge in [-0.1, -0.05) is 50.2 Å². The molecule has 176 valence electrons. The number of benzene rings is 2. The fraction of sp³-hybridized carbons (Fsp3) is 0.400. The van der Waals surface area contributed by atoms with Gasteiger partial charge in [0.05, 0.1) is 23.6 Å². The van der Waals surface area contributed by atoms with Gasteiger partial charge in [-0.3, -0.25) is 8.99 Å². The molecule has 1 N–H and O–H groups in total. The van der Waals surface area contributed by atoms with Crippen molar-refractivity contribution in [2.75, 3.05) is 17.5 Å². The van der Waals surface area contributed by atoms with Crippen LogP contribution in [0, 0.1) is 13.8 Å². The molecule has 0 saturated heterocycles. The number of hydrogen-bond donors (Lipinski definition) is 1. The number of aliphatic hydroxyl groups excluding tert-OH is 1. The van der Waals surface area contributed by atoms with Crippen molar-refractivity contribution in [3.63, 3.8) is 0 Å². The lowest BCUT2D eigenvalue weighted by Crippen LogP contribution is -2.30. The molecule has 1 aliphatic rings. The van der Waals surface area contributed by atoms with Crippen LogP contribution < -0.4 is 9.04 Å². The van der Waals surface area contributed by atoms with Gasteiger partial charge in [0.25, 0.3) is 10.0 Å². The number of para-hydroxylation sites is 2. The molecule has 4 rings (SSSR count). The van der Waals surface area contributed by atoms with Crippen LogP contribution >= 0.6 is 0 Å². The SMILES string of the molecule is Cc1nn(CC(O)COc2ccccc2C(C)C)c(C)c1S(=O)(=O)N1CCc2ccccc21. The summed E-state index contributed by atoms with van der Waals surface area (Å²) in [7, 11) is -3.76. The monoisotopic (exact) mass is 469 g/mol. The molecule has 0 bridgehead atoms. The summed E-state index contributed by atoms with van der Waals surface area (Å²) < 4.78 is 36.0. The summed E-state index contributed by atoms with van der Waals surface area (Å²) in [5.41, 5.74) is 3.77. The van der Waals surface area contributed by atoms with Gasteiger partial charge >= 0.3 is 0 Å². The standard InChI is InChI=1S/C25H31N3O4S/c1-17(2)22-10-6-8-12-24(22)32-16-21(29)15-27-19(4)25(18(3)26-27)33(30,31)28-14-13-20-9-5-7-11-23(20)28/h5-12,17,21,29H,13-16H2,1-4H3. The molecule has 7 nitrogen and oxygen atoms in total. The Hall–Kier alpha value is -2.84. The van der Waals surface area contributed by atoms with Gasteiger partial charge in [-0.15, -0.1) is 0 Å². The summed E-state index contributed by atoms with van der Waals surface area (Å²) >= 11 is 0. The van der Waals surface area contributed by atoms with E-state index in [4.69, 9.17) is 4.74 Å². The topological polar surface area (TPSA) is 84.7 Å². The number of ether oxygens (including phenoxy) is 1. The molecule has 2 aromatic carbocycles. The third kappa shape index (κ3) is 4.50. The predicted molar refractivity (Wildman–Crippen MR) is 128 cm³/mol. The summed E-state index contributed by atoms with van der Waals surface area (Å²) in [5, 5.41) is 15.1. The average Bonchev–Trinajstić information content (AvgIpc) is 3.33. The van der Waals surface area contributed by atoms with Crippen molar-refractivity contribution in [1.82, 2.24) is 9.78 Å². The summed E-state index contributed by atoms with van der Waals surface area (Å²) in [5.74, 6) is 1.05. The van der Waals surface area contributed by atoms with Gasteiger partial charge in [-0.05, 0) is 49.4 Å². The normalized spacial score (nSPS) is 14.5. The molecular weight excluding hydrogens is 438 g/mol. The highest BCUT2D eigenvalue weighted by molar-refractivity contribution is 7.93. The molecule has 0 aliphatic carbocycles. The molecule has 3 aromatic rings. The van der Waals surface area contributed by atoms with E-state index < -0.39 is 16.1 Å². The number of aromatic nitrogens is 2. The van der Waals surface area contributed by atoms with E-state index in [0.29, 0.717) is 30.3 Å². The summed E-state index contributed by atoms with van der Waals surface area (Å²) in [6.07, 6.45) is -0.151. The van der Waals surface area contributed by atoms with Crippen LogP contribution in [0.15, 0.2) is 53.4 Å². The van der Waals surface area contributed by atoms with Crippen LogP contribution in [0.2, 0.25) is 0 Å². The van der Waals surface area contributed by atoms with Gasteiger partial charge in [-0.25, -0.2) is 8.42 Å². The largest absolute Gasteiger partial charge is 0.491 e. The highest BCUT2D eigenvalue weighted by Crippen LogP contribution is 2.34. The Morgan fingerprint density at radius 2 is 1.79 bits per heavy atom. The zero-order chi connectivity index (χ0) is 23.8. The third-order valence-corrected chi connectivity index (χ3v) is 8.13. The second-order valence-corrected chi connectivity index (χ2v) is 10.6. The van der Waals surface area contributed by atoms with Gasteiger partial charge in [0.15, 0.2) is 0 Å². The molecule has 0 amide bonds. The van der Waals surface area contributed by atoms with Crippen LogP contribution in [0.4, 0.5) is 5.69 Å². The van der Waals surface area contributed by atoms with Crippen molar-refractivity contribution in [1.29, 1.82) is 0 Å². The molecule has 8 heteroatoms. The lowest BCUT2D eigenvalue weighted by molar-refractivity contribution is 0.0880. The molecule has 0 fully saturated rings.